The van der Waals surface area contributed by atoms with E-state index < -0.39 is 5.97 Å². The Hall–Kier alpha value is -1.32. The van der Waals surface area contributed by atoms with Crippen molar-refractivity contribution in [3.8, 4) is 0 Å². The number of carboxylic acid groups (broad SMARTS) is 1. The second kappa shape index (κ2) is 3.12. The molecular formula is C10H13NO3. The van der Waals surface area contributed by atoms with Gasteiger partial charge in [0.05, 0.1) is 5.69 Å². The van der Waals surface area contributed by atoms with Gasteiger partial charge in [-0.15, -0.1) is 0 Å². The highest BCUT2D eigenvalue weighted by Crippen LogP contribution is 2.42. The Bertz CT molecular complexity index is 344. The van der Waals surface area contributed by atoms with E-state index in [4.69, 9.17) is 9.52 Å². The summed E-state index contributed by atoms with van der Waals surface area (Å²) in [6.07, 6.45) is 2.20. The predicted molar refractivity (Wildman–Crippen MR) is 49.5 cm³/mol. The minimum atomic E-state index is -1.08. The summed E-state index contributed by atoms with van der Waals surface area (Å²) in [4.78, 5) is 14.7. The van der Waals surface area contributed by atoms with Crippen molar-refractivity contribution < 1.29 is 14.3 Å². The maximum Gasteiger partial charge on any atom is 0.392 e. The predicted octanol–water partition coefficient (Wildman–Crippen LogP) is 2.37. The third-order valence-electron chi connectivity index (χ3n) is 2.35. The number of carbonyl (C=O) groups is 1. The fourth-order valence-electron chi connectivity index (χ4n) is 1.50. The molecule has 0 unspecified atom stereocenters. The molecular weight excluding hydrogens is 182 g/mol. The number of hydrogen-bond acceptors (Lipinski definition) is 3. The van der Waals surface area contributed by atoms with Crippen molar-refractivity contribution in [3.05, 3.63) is 17.3 Å². The van der Waals surface area contributed by atoms with Crippen LogP contribution in [0.1, 0.15) is 60.7 Å². The van der Waals surface area contributed by atoms with E-state index in [2.05, 4.69) is 4.98 Å². The molecule has 1 saturated carbocycles. The van der Waals surface area contributed by atoms with Crippen LogP contribution in [-0.4, -0.2) is 16.1 Å². The molecule has 0 spiro atoms. The van der Waals surface area contributed by atoms with Crippen LogP contribution in [0, 0.1) is 0 Å². The van der Waals surface area contributed by atoms with Crippen LogP contribution < -0.4 is 0 Å². The molecule has 4 heteroatoms. The molecule has 1 aliphatic carbocycles. The first-order chi connectivity index (χ1) is 6.59. The summed E-state index contributed by atoms with van der Waals surface area (Å²) in [6.45, 7) is 3.97. The first kappa shape index (κ1) is 9.24. The Balaban J connectivity index is 2.40. The lowest BCUT2D eigenvalue weighted by Crippen LogP contribution is -1.96. The Morgan fingerprint density at radius 2 is 2.21 bits per heavy atom. The molecule has 1 N–H and O–H groups in total. The Morgan fingerprint density at radius 3 is 2.64 bits per heavy atom. The van der Waals surface area contributed by atoms with Crippen LogP contribution in [-0.2, 0) is 0 Å². The molecule has 0 aliphatic heterocycles. The Labute approximate surface area is 81.9 Å². The van der Waals surface area contributed by atoms with Crippen LogP contribution in [0.25, 0.3) is 0 Å². The minimum absolute atomic E-state index is 0.171. The lowest BCUT2D eigenvalue weighted by molar-refractivity contribution is 0.0651. The average Bonchev–Trinajstić information content (AvgIpc) is 2.83. The summed E-state index contributed by atoms with van der Waals surface area (Å²) < 4.78 is 5.23. The van der Waals surface area contributed by atoms with Crippen LogP contribution in [0.15, 0.2) is 4.42 Å². The van der Waals surface area contributed by atoms with E-state index in [1.54, 1.807) is 0 Å². The highest BCUT2D eigenvalue weighted by molar-refractivity contribution is 5.82. The number of rotatable bonds is 3. The highest BCUT2D eigenvalue weighted by atomic mass is 16.4. The summed E-state index contributed by atoms with van der Waals surface area (Å²) in [7, 11) is 0. The molecule has 1 heterocycles. The van der Waals surface area contributed by atoms with E-state index in [9.17, 15) is 4.79 Å². The molecule has 2 rings (SSSR count). The first-order valence-corrected chi connectivity index (χ1v) is 4.83. The molecule has 76 valence electrons. The second-order valence-electron chi connectivity index (χ2n) is 4.00. The number of aromatic carboxylic acids is 1. The second-order valence-corrected chi connectivity index (χ2v) is 4.00. The quantitative estimate of drug-likeness (QED) is 0.804. The lowest BCUT2D eigenvalue weighted by Gasteiger charge is -2.00. The molecule has 0 saturated heterocycles. The van der Waals surface area contributed by atoms with Crippen LogP contribution in [0.3, 0.4) is 0 Å². The van der Waals surface area contributed by atoms with E-state index in [0.29, 0.717) is 5.92 Å². The van der Waals surface area contributed by atoms with Crippen LogP contribution in [0.2, 0.25) is 0 Å². The number of aromatic nitrogens is 1. The van der Waals surface area contributed by atoms with Crippen molar-refractivity contribution in [1.82, 2.24) is 4.98 Å². The van der Waals surface area contributed by atoms with Crippen LogP contribution in [0.4, 0.5) is 0 Å². The molecule has 14 heavy (non-hydrogen) atoms. The normalized spacial score (nSPS) is 16.2. The number of oxazole rings is 1. The molecule has 0 radical (unpaired) electrons. The van der Waals surface area contributed by atoms with Crippen LogP contribution in [0.5, 0.6) is 0 Å². The SMILES string of the molecule is CC(C)c1oc(C(=O)O)nc1C1CC1. The van der Waals surface area contributed by atoms with Crippen molar-refractivity contribution in [1.29, 1.82) is 0 Å². The van der Waals surface area contributed by atoms with Gasteiger partial charge in [0, 0.05) is 11.8 Å². The molecule has 0 bridgehead atoms. The molecule has 4 nitrogen and oxygen atoms in total. The van der Waals surface area contributed by atoms with Gasteiger partial charge in [-0.1, -0.05) is 13.8 Å². The zero-order valence-electron chi connectivity index (χ0n) is 8.28. The van der Waals surface area contributed by atoms with Gasteiger partial charge in [0.25, 0.3) is 0 Å². The van der Waals surface area contributed by atoms with E-state index in [-0.39, 0.29) is 11.8 Å². The van der Waals surface area contributed by atoms with Crippen molar-refractivity contribution in [3.63, 3.8) is 0 Å². The summed E-state index contributed by atoms with van der Waals surface area (Å²) in [5.41, 5.74) is 0.859. The van der Waals surface area contributed by atoms with Gasteiger partial charge in [-0.3, -0.25) is 0 Å². The van der Waals surface area contributed by atoms with Crippen molar-refractivity contribution >= 4 is 5.97 Å². The van der Waals surface area contributed by atoms with Crippen molar-refractivity contribution in [2.75, 3.05) is 0 Å². The standard InChI is InChI=1S/C10H13NO3/c1-5(2)8-7(6-3-4-6)11-9(14-8)10(12)13/h5-6H,3-4H2,1-2H3,(H,12,13). The largest absolute Gasteiger partial charge is 0.474 e. The van der Waals surface area contributed by atoms with Gasteiger partial charge in [-0.05, 0) is 12.8 Å². The topological polar surface area (TPSA) is 63.3 Å². The molecule has 0 atom stereocenters. The number of carboxylic acids is 1. The molecule has 1 aromatic rings. The third kappa shape index (κ3) is 1.52. The summed E-state index contributed by atoms with van der Waals surface area (Å²) >= 11 is 0. The molecule has 0 aromatic carbocycles. The number of nitrogens with zero attached hydrogens (tertiary/aromatic N) is 1. The smallest absolute Gasteiger partial charge is 0.392 e. The lowest BCUT2D eigenvalue weighted by atomic mass is 10.1. The van der Waals surface area contributed by atoms with Gasteiger partial charge in [-0.2, -0.15) is 0 Å². The van der Waals surface area contributed by atoms with E-state index in [1.807, 2.05) is 13.8 Å². The zero-order valence-corrected chi connectivity index (χ0v) is 8.28. The van der Waals surface area contributed by atoms with Gasteiger partial charge < -0.3 is 9.52 Å². The third-order valence-corrected chi connectivity index (χ3v) is 2.35. The monoisotopic (exact) mass is 195 g/mol. The van der Waals surface area contributed by atoms with Gasteiger partial charge in [0.1, 0.15) is 5.76 Å². The van der Waals surface area contributed by atoms with E-state index in [1.165, 1.54) is 0 Å². The maximum absolute atomic E-state index is 10.7. The average molecular weight is 195 g/mol. The van der Waals surface area contributed by atoms with Gasteiger partial charge in [0.15, 0.2) is 0 Å². The van der Waals surface area contributed by atoms with Gasteiger partial charge >= 0.3 is 11.9 Å². The summed E-state index contributed by atoms with van der Waals surface area (Å²) in [5, 5.41) is 8.75. The van der Waals surface area contributed by atoms with Crippen molar-refractivity contribution in [2.45, 2.75) is 38.5 Å². The summed E-state index contributed by atoms with van der Waals surface area (Å²) in [6, 6.07) is 0. The fourth-order valence-corrected chi connectivity index (χ4v) is 1.50. The Kier molecular flexibility index (Phi) is 2.06. The van der Waals surface area contributed by atoms with Crippen LogP contribution >= 0.6 is 0 Å². The molecule has 1 aromatic heterocycles. The fraction of sp³-hybridized carbons (Fsp3) is 0.600. The van der Waals surface area contributed by atoms with Crippen molar-refractivity contribution in [2.24, 2.45) is 0 Å². The first-order valence-electron chi connectivity index (χ1n) is 4.83. The van der Waals surface area contributed by atoms with E-state index >= 15 is 0 Å². The maximum atomic E-state index is 10.7. The molecule has 1 fully saturated rings. The molecule has 0 amide bonds. The minimum Gasteiger partial charge on any atom is -0.474 e. The summed E-state index contributed by atoms with van der Waals surface area (Å²) in [5.74, 6) is 0.120. The molecule has 1 aliphatic rings. The van der Waals surface area contributed by atoms with Gasteiger partial charge in [-0.25, -0.2) is 9.78 Å². The van der Waals surface area contributed by atoms with E-state index in [0.717, 1.165) is 24.3 Å². The zero-order chi connectivity index (χ0) is 10.3. The van der Waals surface area contributed by atoms with Gasteiger partial charge in [0.2, 0.25) is 0 Å². The Morgan fingerprint density at radius 1 is 1.57 bits per heavy atom. The number of hydrogen-bond donors (Lipinski definition) is 1. The highest BCUT2D eigenvalue weighted by Gasteiger charge is 2.32.